The quantitative estimate of drug-likeness (QED) is 0.831. The van der Waals surface area contributed by atoms with E-state index in [-0.39, 0.29) is 5.91 Å². The van der Waals surface area contributed by atoms with E-state index in [2.05, 4.69) is 16.9 Å². The van der Waals surface area contributed by atoms with Crippen molar-refractivity contribution < 1.29 is 18.0 Å². The largest absolute Gasteiger partial charge is 0.417 e. The second-order valence-electron chi connectivity index (χ2n) is 5.61. The van der Waals surface area contributed by atoms with Gasteiger partial charge in [0.05, 0.1) is 12.1 Å². The van der Waals surface area contributed by atoms with Crippen LogP contribution in [-0.2, 0) is 11.0 Å². The normalized spacial score (nSPS) is 16.5. The lowest BCUT2D eigenvalue weighted by Gasteiger charge is -2.22. The van der Waals surface area contributed by atoms with Crippen LogP contribution in [0.25, 0.3) is 0 Å². The lowest BCUT2D eigenvalue weighted by molar-refractivity contribution is -0.137. The highest BCUT2D eigenvalue weighted by Gasteiger charge is 2.31. The Morgan fingerprint density at radius 3 is 2.71 bits per heavy atom. The number of carbonyl (C=O) groups is 1. The first-order valence-corrected chi connectivity index (χ1v) is 7.78. The zero-order valence-corrected chi connectivity index (χ0v) is 13.4. The Labute approximate surface area is 139 Å². The van der Waals surface area contributed by atoms with Crippen LogP contribution in [0, 0.1) is 0 Å². The molecule has 0 aliphatic carbocycles. The molecule has 1 fully saturated rings. The van der Waals surface area contributed by atoms with Crippen LogP contribution in [-0.4, -0.2) is 55.1 Å². The Kier molecular flexibility index (Phi) is 6.19. The molecular weight excluding hydrogens is 321 g/mol. The van der Waals surface area contributed by atoms with Crippen LogP contribution >= 0.6 is 0 Å². The summed E-state index contributed by atoms with van der Waals surface area (Å²) in [6, 6.07) is 2.45. The van der Waals surface area contributed by atoms with Gasteiger partial charge in [-0.3, -0.25) is 9.69 Å². The third-order valence-electron chi connectivity index (χ3n) is 3.80. The summed E-state index contributed by atoms with van der Waals surface area (Å²) in [5.74, 6) is 0.469. The minimum atomic E-state index is -4.38. The van der Waals surface area contributed by atoms with Crippen LogP contribution in [0.1, 0.15) is 12.0 Å². The van der Waals surface area contributed by atoms with Gasteiger partial charge in [-0.2, -0.15) is 13.2 Å². The zero-order chi connectivity index (χ0) is 17.6. The highest BCUT2D eigenvalue weighted by atomic mass is 19.4. The summed E-state index contributed by atoms with van der Waals surface area (Å²) >= 11 is 0. The van der Waals surface area contributed by atoms with Crippen LogP contribution in [0.15, 0.2) is 31.0 Å². The van der Waals surface area contributed by atoms with Crippen molar-refractivity contribution >= 4 is 11.7 Å². The molecule has 8 heteroatoms. The smallest absolute Gasteiger partial charge is 0.355 e. The van der Waals surface area contributed by atoms with Crippen molar-refractivity contribution in [3.8, 4) is 0 Å². The van der Waals surface area contributed by atoms with Gasteiger partial charge in [0, 0.05) is 38.9 Å². The van der Waals surface area contributed by atoms with Gasteiger partial charge in [-0.25, -0.2) is 4.98 Å². The molecule has 1 aliphatic rings. The predicted octanol–water partition coefficient (Wildman–Crippen LogP) is 1.91. The van der Waals surface area contributed by atoms with Crippen molar-refractivity contribution in [3.05, 3.63) is 36.5 Å². The standard InChI is InChI=1S/C16H21F3N4O/c1-2-6-20-15(24)12-22-7-3-8-23(10-9-22)14-5-4-13(11-21-14)16(17,18)19/h2,4-5,11H,1,3,6-10,12H2,(H,20,24). The number of rotatable bonds is 5. The molecule has 0 unspecified atom stereocenters. The molecule has 132 valence electrons. The van der Waals surface area contributed by atoms with Gasteiger partial charge in [0.1, 0.15) is 5.82 Å². The number of nitrogens with zero attached hydrogens (tertiary/aromatic N) is 3. The fraction of sp³-hybridized carbons (Fsp3) is 0.500. The molecular formula is C16H21F3N4O. The number of hydrogen-bond acceptors (Lipinski definition) is 4. The minimum Gasteiger partial charge on any atom is -0.355 e. The van der Waals surface area contributed by atoms with Gasteiger partial charge in [-0.05, 0) is 18.6 Å². The highest BCUT2D eigenvalue weighted by molar-refractivity contribution is 5.78. The fourth-order valence-electron chi connectivity index (χ4n) is 2.54. The van der Waals surface area contributed by atoms with Crippen LogP contribution in [0.5, 0.6) is 0 Å². The second-order valence-corrected chi connectivity index (χ2v) is 5.61. The van der Waals surface area contributed by atoms with E-state index in [0.717, 1.165) is 25.2 Å². The van der Waals surface area contributed by atoms with Gasteiger partial charge in [0.25, 0.3) is 0 Å². The third kappa shape index (κ3) is 5.23. The molecule has 1 N–H and O–H groups in total. The zero-order valence-electron chi connectivity index (χ0n) is 13.4. The Morgan fingerprint density at radius 1 is 1.29 bits per heavy atom. The van der Waals surface area contributed by atoms with E-state index in [0.29, 0.717) is 38.5 Å². The molecule has 0 radical (unpaired) electrons. The first kappa shape index (κ1) is 18.3. The Hall–Kier alpha value is -2.09. The molecule has 24 heavy (non-hydrogen) atoms. The summed E-state index contributed by atoms with van der Waals surface area (Å²) in [6.07, 6.45) is -1.07. The topological polar surface area (TPSA) is 48.5 Å². The van der Waals surface area contributed by atoms with Crippen molar-refractivity contribution in [2.24, 2.45) is 0 Å². The average Bonchev–Trinajstić information content (AvgIpc) is 2.78. The molecule has 5 nitrogen and oxygen atoms in total. The molecule has 1 aromatic rings. The molecule has 0 saturated carbocycles. The number of anilines is 1. The van der Waals surface area contributed by atoms with Crippen LogP contribution in [0.4, 0.5) is 19.0 Å². The molecule has 2 heterocycles. The maximum atomic E-state index is 12.6. The number of aromatic nitrogens is 1. The lowest BCUT2D eigenvalue weighted by Crippen LogP contribution is -2.39. The van der Waals surface area contributed by atoms with Gasteiger partial charge in [-0.1, -0.05) is 6.08 Å². The Balaban J connectivity index is 1.90. The summed E-state index contributed by atoms with van der Waals surface area (Å²) in [5.41, 5.74) is -0.749. The Bertz CT molecular complexity index is 559. The van der Waals surface area contributed by atoms with Crippen molar-refractivity contribution in [3.63, 3.8) is 0 Å². The summed E-state index contributed by atoms with van der Waals surface area (Å²) in [7, 11) is 0. The molecule has 1 saturated heterocycles. The number of hydrogen-bond donors (Lipinski definition) is 1. The molecule has 1 aliphatic heterocycles. The molecule has 2 rings (SSSR count). The van der Waals surface area contributed by atoms with E-state index < -0.39 is 11.7 Å². The van der Waals surface area contributed by atoms with Gasteiger partial charge in [-0.15, -0.1) is 6.58 Å². The molecule has 0 atom stereocenters. The maximum absolute atomic E-state index is 12.6. The van der Waals surface area contributed by atoms with E-state index in [4.69, 9.17) is 0 Å². The van der Waals surface area contributed by atoms with Gasteiger partial charge >= 0.3 is 6.18 Å². The lowest BCUT2D eigenvalue weighted by atomic mass is 10.2. The number of amides is 1. The number of carbonyl (C=O) groups excluding carboxylic acids is 1. The first-order chi connectivity index (χ1) is 11.4. The number of halogens is 3. The predicted molar refractivity (Wildman–Crippen MR) is 85.7 cm³/mol. The van der Waals surface area contributed by atoms with E-state index >= 15 is 0 Å². The summed E-state index contributed by atoms with van der Waals surface area (Å²) < 4.78 is 37.8. The van der Waals surface area contributed by atoms with Crippen molar-refractivity contribution in [2.45, 2.75) is 12.6 Å². The van der Waals surface area contributed by atoms with Crippen LogP contribution < -0.4 is 10.2 Å². The number of nitrogens with one attached hydrogen (secondary N) is 1. The fourth-order valence-corrected chi connectivity index (χ4v) is 2.54. The maximum Gasteiger partial charge on any atom is 0.417 e. The van der Waals surface area contributed by atoms with Crippen LogP contribution in [0.2, 0.25) is 0 Å². The molecule has 0 bridgehead atoms. The summed E-state index contributed by atoms with van der Waals surface area (Å²) in [5, 5.41) is 2.73. The van der Waals surface area contributed by atoms with Gasteiger partial charge < -0.3 is 10.2 Å². The highest BCUT2D eigenvalue weighted by Crippen LogP contribution is 2.29. The molecule has 1 aromatic heterocycles. The molecule has 0 spiro atoms. The van der Waals surface area contributed by atoms with E-state index in [9.17, 15) is 18.0 Å². The first-order valence-electron chi connectivity index (χ1n) is 7.78. The molecule has 1 amide bonds. The van der Waals surface area contributed by atoms with E-state index in [1.54, 1.807) is 6.08 Å². The summed E-state index contributed by atoms with van der Waals surface area (Å²) in [4.78, 5) is 19.6. The van der Waals surface area contributed by atoms with Crippen molar-refractivity contribution in [2.75, 3.05) is 44.2 Å². The SMILES string of the molecule is C=CCNC(=O)CN1CCCN(c2ccc(C(F)(F)F)cn2)CC1. The summed E-state index contributed by atoms with van der Waals surface area (Å²) in [6.45, 7) is 7.03. The van der Waals surface area contributed by atoms with Gasteiger partial charge in [0.15, 0.2) is 0 Å². The average molecular weight is 342 g/mol. The monoisotopic (exact) mass is 342 g/mol. The van der Waals surface area contributed by atoms with E-state index in [1.165, 1.54) is 6.07 Å². The van der Waals surface area contributed by atoms with Crippen molar-refractivity contribution in [1.29, 1.82) is 0 Å². The van der Waals surface area contributed by atoms with Gasteiger partial charge in [0.2, 0.25) is 5.91 Å². The third-order valence-corrected chi connectivity index (χ3v) is 3.80. The van der Waals surface area contributed by atoms with Crippen molar-refractivity contribution in [1.82, 2.24) is 15.2 Å². The minimum absolute atomic E-state index is 0.0593. The van der Waals surface area contributed by atoms with Crippen LogP contribution in [0.3, 0.4) is 0 Å². The number of alkyl halides is 3. The second kappa shape index (κ2) is 8.14. The number of pyridine rings is 1. The Morgan fingerprint density at radius 2 is 2.08 bits per heavy atom. The van der Waals surface area contributed by atoms with E-state index in [1.807, 2.05) is 9.80 Å². The molecule has 0 aromatic carbocycles.